The molecule has 0 fully saturated rings. The first-order chi connectivity index (χ1) is 21.7. The molecule has 1 aromatic heterocycles. The van der Waals surface area contributed by atoms with Gasteiger partial charge in [-0.3, -0.25) is 4.79 Å². The first kappa shape index (κ1) is 32.4. The highest BCUT2D eigenvalue weighted by molar-refractivity contribution is 9.10. The lowest BCUT2D eigenvalue weighted by atomic mass is 9.96. The minimum atomic E-state index is -0.262. The van der Waals surface area contributed by atoms with E-state index in [1.54, 1.807) is 12.3 Å². The summed E-state index contributed by atoms with van der Waals surface area (Å²) in [6.45, 7) is 11.5. The summed E-state index contributed by atoms with van der Waals surface area (Å²) in [7, 11) is 0. The number of benzene rings is 4. The molecule has 0 radical (unpaired) electrons. The maximum absolute atomic E-state index is 13.9. The zero-order valence-electron chi connectivity index (χ0n) is 25.9. The van der Waals surface area contributed by atoms with Crippen LogP contribution in [-0.4, -0.2) is 29.1 Å². The SMILES string of the molecule is CCOc1cc(C=Nn2c(-c3cc(C(C)C)c(OCC)cc3C)nc3ccccc3c2=O)c(Br)cc1OCc1ccc(Br)cc1. The van der Waals surface area contributed by atoms with Gasteiger partial charge in [0.1, 0.15) is 12.4 Å². The number of rotatable bonds is 11. The lowest BCUT2D eigenvalue weighted by Gasteiger charge is -2.18. The molecule has 232 valence electrons. The topological polar surface area (TPSA) is 74.9 Å². The van der Waals surface area contributed by atoms with E-state index in [2.05, 4.69) is 51.8 Å². The van der Waals surface area contributed by atoms with Crippen molar-refractivity contribution in [2.45, 2.75) is 47.1 Å². The average Bonchev–Trinajstić information content (AvgIpc) is 3.02. The maximum atomic E-state index is 13.9. The van der Waals surface area contributed by atoms with Gasteiger partial charge in [0.25, 0.3) is 5.56 Å². The fraction of sp³-hybridized carbons (Fsp3) is 0.250. The molecule has 0 spiro atoms. The quantitative estimate of drug-likeness (QED) is 0.127. The van der Waals surface area contributed by atoms with Gasteiger partial charge in [0.15, 0.2) is 17.3 Å². The normalized spacial score (nSPS) is 11.5. The van der Waals surface area contributed by atoms with Crippen LogP contribution in [0.25, 0.3) is 22.3 Å². The number of aromatic nitrogens is 2. The molecule has 0 aliphatic carbocycles. The Morgan fingerprint density at radius 2 is 1.58 bits per heavy atom. The molecule has 0 bridgehead atoms. The molecule has 45 heavy (non-hydrogen) atoms. The highest BCUT2D eigenvalue weighted by Gasteiger charge is 2.19. The van der Waals surface area contributed by atoms with Crippen LogP contribution in [0.1, 0.15) is 55.9 Å². The highest BCUT2D eigenvalue weighted by atomic mass is 79.9. The molecule has 0 atom stereocenters. The Kier molecular flexibility index (Phi) is 10.4. The number of ether oxygens (including phenoxy) is 3. The van der Waals surface area contributed by atoms with Crippen molar-refractivity contribution < 1.29 is 14.2 Å². The van der Waals surface area contributed by atoms with E-state index in [1.165, 1.54) is 4.68 Å². The Bertz CT molecular complexity index is 1920. The number of nitrogens with zero attached hydrogens (tertiary/aromatic N) is 3. The second-order valence-corrected chi connectivity index (χ2v) is 12.5. The van der Waals surface area contributed by atoms with Gasteiger partial charge in [-0.25, -0.2) is 4.98 Å². The molecule has 0 unspecified atom stereocenters. The van der Waals surface area contributed by atoms with Crippen LogP contribution in [0.2, 0.25) is 0 Å². The van der Waals surface area contributed by atoms with Gasteiger partial charge in [0, 0.05) is 20.1 Å². The van der Waals surface area contributed by atoms with Crippen molar-refractivity contribution in [3.05, 3.63) is 114 Å². The molecule has 0 aliphatic heterocycles. The summed E-state index contributed by atoms with van der Waals surface area (Å²) in [5, 5.41) is 5.21. The van der Waals surface area contributed by atoms with E-state index >= 15 is 0 Å². The molecule has 4 aromatic carbocycles. The summed E-state index contributed by atoms with van der Waals surface area (Å²) in [6, 6.07) is 23.1. The molecule has 1 heterocycles. The largest absolute Gasteiger partial charge is 0.494 e. The second-order valence-electron chi connectivity index (χ2n) is 10.8. The van der Waals surface area contributed by atoms with Crippen LogP contribution >= 0.6 is 31.9 Å². The highest BCUT2D eigenvalue weighted by Crippen LogP contribution is 2.36. The van der Waals surface area contributed by atoms with Crippen molar-refractivity contribution in [2.24, 2.45) is 5.10 Å². The minimum absolute atomic E-state index is 0.201. The summed E-state index contributed by atoms with van der Waals surface area (Å²) in [5.41, 5.74) is 4.87. The number of halogens is 2. The van der Waals surface area contributed by atoms with E-state index < -0.39 is 0 Å². The Hall–Kier alpha value is -3.95. The first-order valence-corrected chi connectivity index (χ1v) is 16.5. The van der Waals surface area contributed by atoms with Gasteiger partial charge in [-0.05, 0) is 108 Å². The number of hydrogen-bond donors (Lipinski definition) is 0. The summed E-state index contributed by atoms with van der Waals surface area (Å²) < 4.78 is 21.2. The average molecular weight is 734 g/mol. The van der Waals surface area contributed by atoms with Crippen molar-refractivity contribution in [1.82, 2.24) is 9.66 Å². The molecular formula is C36H35Br2N3O4. The van der Waals surface area contributed by atoms with Crippen molar-refractivity contribution in [2.75, 3.05) is 13.2 Å². The number of aryl methyl sites for hydroxylation is 1. The van der Waals surface area contributed by atoms with Crippen molar-refractivity contribution in [1.29, 1.82) is 0 Å². The van der Waals surface area contributed by atoms with Crippen LogP contribution < -0.4 is 19.8 Å². The van der Waals surface area contributed by atoms with Crippen LogP contribution in [0.3, 0.4) is 0 Å². The van der Waals surface area contributed by atoms with E-state index in [4.69, 9.17) is 24.3 Å². The zero-order valence-corrected chi connectivity index (χ0v) is 29.1. The van der Waals surface area contributed by atoms with E-state index in [0.717, 1.165) is 36.9 Å². The van der Waals surface area contributed by atoms with Gasteiger partial charge in [-0.15, -0.1) is 0 Å². The number of hydrogen-bond acceptors (Lipinski definition) is 6. The molecule has 7 nitrogen and oxygen atoms in total. The molecule has 0 saturated heterocycles. The zero-order chi connectivity index (χ0) is 32.1. The number of para-hydroxylation sites is 1. The van der Waals surface area contributed by atoms with Crippen molar-refractivity contribution >= 4 is 49.0 Å². The van der Waals surface area contributed by atoms with Gasteiger partial charge in [0.05, 0.1) is 30.3 Å². The van der Waals surface area contributed by atoms with Crippen LogP contribution in [-0.2, 0) is 6.61 Å². The van der Waals surface area contributed by atoms with Crippen molar-refractivity contribution in [3.8, 4) is 28.6 Å². The Labute approximate surface area is 280 Å². The predicted molar refractivity (Wildman–Crippen MR) is 188 cm³/mol. The Morgan fingerprint density at radius 3 is 2.29 bits per heavy atom. The molecule has 5 aromatic rings. The lowest BCUT2D eigenvalue weighted by Crippen LogP contribution is -2.21. The van der Waals surface area contributed by atoms with Crippen LogP contribution in [0.15, 0.2) is 91.6 Å². The van der Waals surface area contributed by atoms with E-state index in [1.807, 2.05) is 81.4 Å². The third-order valence-corrected chi connectivity index (χ3v) is 8.47. The lowest BCUT2D eigenvalue weighted by molar-refractivity contribution is 0.269. The first-order valence-electron chi connectivity index (χ1n) is 14.9. The standard InChI is InChI=1S/C36H35Br2N3O4/c1-6-43-32-16-23(5)29(18-28(32)22(3)4)35-40-31-11-9-8-10-27(31)36(42)41(35)39-20-25-17-33(44-7-2)34(19-30(25)38)45-21-24-12-14-26(37)15-13-24/h8-20,22H,6-7,21H2,1-5H3. The summed E-state index contributed by atoms with van der Waals surface area (Å²) in [6.07, 6.45) is 1.64. The van der Waals surface area contributed by atoms with Gasteiger partial charge in [0.2, 0.25) is 0 Å². The molecule has 0 saturated carbocycles. The fourth-order valence-electron chi connectivity index (χ4n) is 4.97. The molecule has 0 amide bonds. The smallest absolute Gasteiger partial charge is 0.282 e. The fourth-order valence-corrected chi connectivity index (χ4v) is 5.66. The van der Waals surface area contributed by atoms with Crippen LogP contribution in [0, 0.1) is 6.92 Å². The van der Waals surface area contributed by atoms with Gasteiger partial charge in [-0.2, -0.15) is 9.78 Å². The predicted octanol–water partition coefficient (Wildman–Crippen LogP) is 9.28. The third-order valence-electron chi connectivity index (χ3n) is 7.26. The molecular weight excluding hydrogens is 698 g/mol. The minimum Gasteiger partial charge on any atom is -0.494 e. The van der Waals surface area contributed by atoms with Gasteiger partial charge < -0.3 is 14.2 Å². The Balaban J connectivity index is 1.59. The maximum Gasteiger partial charge on any atom is 0.282 e. The molecule has 0 N–H and O–H groups in total. The summed E-state index contributed by atoms with van der Waals surface area (Å²) >= 11 is 7.14. The number of fused-ring (bicyclic) bond motifs is 1. The van der Waals surface area contributed by atoms with E-state index in [-0.39, 0.29) is 11.5 Å². The summed E-state index contributed by atoms with van der Waals surface area (Å²) in [5.74, 6) is 2.66. The van der Waals surface area contributed by atoms with Crippen molar-refractivity contribution in [3.63, 3.8) is 0 Å². The summed E-state index contributed by atoms with van der Waals surface area (Å²) in [4.78, 5) is 18.9. The van der Waals surface area contributed by atoms with Crippen LogP contribution in [0.4, 0.5) is 0 Å². The van der Waals surface area contributed by atoms with Gasteiger partial charge in [-0.1, -0.05) is 54.0 Å². The molecule has 5 rings (SSSR count). The third kappa shape index (κ3) is 7.31. The molecule has 0 aliphatic rings. The Morgan fingerprint density at radius 1 is 0.889 bits per heavy atom. The van der Waals surface area contributed by atoms with Gasteiger partial charge >= 0.3 is 0 Å². The van der Waals surface area contributed by atoms with Crippen LogP contribution in [0.5, 0.6) is 17.2 Å². The van der Waals surface area contributed by atoms with E-state index in [0.29, 0.717) is 53.6 Å². The van der Waals surface area contributed by atoms with E-state index in [9.17, 15) is 4.79 Å². The second kappa shape index (κ2) is 14.4. The monoisotopic (exact) mass is 731 g/mol. The molecule has 9 heteroatoms.